The number of hydrogen-bond donors (Lipinski definition) is 0. The van der Waals surface area contributed by atoms with E-state index in [9.17, 15) is 4.79 Å². The molecule has 0 aromatic heterocycles. The average Bonchev–Trinajstić information content (AvgIpc) is 2.72. The summed E-state index contributed by atoms with van der Waals surface area (Å²) in [5.41, 5.74) is 1.61. The van der Waals surface area contributed by atoms with Crippen molar-refractivity contribution in [1.29, 1.82) is 0 Å². The molecule has 1 aliphatic heterocycles. The number of methoxy groups -OCH3 is 1. The molecule has 1 aromatic rings. The van der Waals surface area contributed by atoms with E-state index in [1.807, 2.05) is 43.3 Å². The quantitative estimate of drug-likeness (QED) is 0.769. The van der Waals surface area contributed by atoms with Gasteiger partial charge in [-0.25, -0.2) is 5.01 Å². The maximum atomic E-state index is 12.0. The Morgan fingerprint density at radius 3 is 2.58 bits per heavy atom. The maximum absolute atomic E-state index is 12.0. The first-order chi connectivity index (χ1) is 9.10. The van der Waals surface area contributed by atoms with Gasteiger partial charge in [0.2, 0.25) is 0 Å². The summed E-state index contributed by atoms with van der Waals surface area (Å²) in [4.78, 5) is 13.9. The number of amides is 1. The van der Waals surface area contributed by atoms with Crippen molar-refractivity contribution in [2.75, 3.05) is 21.2 Å². The van der Waals surface area contributed by atoms with Crippen LogP contribution in [0.5, 0.6) is 5.75 Å². The molecule has 2 rings (SSSR count). The van der Waals surface area contributed by atoms with Gasteiger partial charge in [0.15, 0.2) is 0 Å². The Bertz CT molecular complexity index is 518. The summed E-state index contributed by atoms with van der Waals surface area (Å²) in [6, 6.07) is 7.59. The summed E-state index contributed by atoms with van der Waals surface area (Å²) in [5, 5.41) is 5.58. The van der Waals surface area contributed by atoms with Crippen LogP contribution in [0.1, 0.15) is 5.56 Å². The third-order valence-corrected chi connectivity index (χ3v) is 2.71. The number of hydrogen-bond acceptors (Lipinski definition) is 4. The van der Waals surface area contributed by atoms with Crippen LogP contribution in [0, 0.1) is 0 Å². The highest BCUT2D eigenvalue weighted by Crippen LogP contribution is 2.16. The minimum Gasteiger partial charge on any atom is -0.497 e. The van der Waals surface area contributed by atoms with Crippen molar-refractivity contribution in [2.45, 2.75) is 6.54 Å². The second-order valence-electron chi connectivity index (χ2n) is 4.50. The molecule has 0 spiro atoms. The van der Waals surface area contributed by atoms with Gasteiger partial charge in [-0.1, -0.05) is 12.1 Å². The van der Waals surface area contributed by atoms with Gasteiger partial charge in [-0.05, 0) is 17.7 Å². The molecule has 5 nitrogen and oxygen atoms in total. The molecule has 0 aliphatic carbocycles. The average molecular weight is 259 g/mol. The van der Waals surface area contributed by atoms with E-state index in [0.29, 0.717) is 12.1 Å². The molecule has 5 heteroatoms. The molecule has 0 N–H and O–H groups in total. The molecule has 1 heterocycles. The fourth-order valence-corrected chi connectivity index (χ4v) is 1.77. The minimum atomic E-state index is -0.0791. The predicted octanol–water partition coefficient (Wildman–Crippen LogP) is 1.47. The molecular formula is C14H17N3O2. The number of ether oxygens (including phenoxy) is 1. The van der Waals surface area contributed by atoms with E-state index in [1.165, 1.54) is 5.01 Å². The van der Waals surface area contributed by atoms with Crippen molar-refractivity contribution in [1.82, 2.24) is 9.91 Å². The number of carbonyl (C=O) groups is 1. The Labute approximate surface area is 112 Å². The minimum absolute atomic E-state index is 0.0791. The van der Waals surface area contributed by atoms with Gasteiger partial charge in [-0.2, -0.15) is 5.10 Å². The Hall–Kier alpha value is -2.30. The van der Waals surface area contributed by atoms with Gasteiger partial charge in [0.25, 0.3) is 5.91 Å². The molecule has 0 fully saturated rings. The zero-order valence-electron chi connectivity index (χ0n) is 11.3. The summed E-state index contributed by atoms with van der Waals surface area (Å²) in [6.07, 6.45) is 3.35. The van der Waals surface area contributed by atoms with E-state index in [2.05, 4.69) is 5.10 Å². The molecule has 1 amide bonds. The monoisotopic (exact) mass is 259 g/mol. The van der Waals surface area contributed by atoms with E-state index in [0.717, 1.165) is 11.3 Å². The fourth-order valence-electron chi connectivity index (χ4n) is 1.77. The molecule has 0 radical (unpaired) electrons. The molecule has 0 bridgehead atoms. The smallest absolute Gasteiger partial charge is 0.277 e. The lowest BCUT2D eigenvalue weighted by molar-refractivity contribution is -0.126. The molecule has 19 heavy (non-hydrogen) atoms. The topological polar surface area (TPSA) is 45.1 Å². The molecular weight excluding hydrogens is 242 g/mol. The van der Waals surface area contributed by atoms with Gasteiger partial charge < -0.3 is 9.64 Å². The first-order valence-electron chi connectivity index (χ1n) is 5.97. The van der Waals surface area contributed by atoms with Crippen LogP contribution in [-0.2, 0) is 11.3 Å². The van der Waals surface area contributed by atoms with E-state index < -0.39 is 0 Å². The van der Waals surface area contributed by atoms with Crippen LogP contribution in [0.25, 0.3) is 0 Å². The van der Waals surface area contributed by atoms with Crippen LogP contribution in [0.2, 0.25) is 0 Å². The lowest BCUT2D eigenvalue weighted by Gasteiger charge is -2.12. The Balaban J connectivity index is 2.05. The summed E-state index contributed by atoms with van der Waals surface area (Å²) in [7, 11) is 5.38. The van der Waals surface area contributed by atoms with Crippen LogP contribution in [0.4, 0.5) is 0 Å². The number of hydrazone groups is 1. The summed E-state index contributed by atoms with van der Waals surface area (Å²) in [6.45, 7) is 0.462. The van der Waals surface area contributed by atoms with Gasteiger partial charge in [0.05, 0.1) is 25.4 Å². The second-order valence-corrected chi connectivity index (χ2v) is 4.50. The predicted molar refractivity (Wildman–Crippen MR) is 73.8 cm³/mol. The summed E-state index contributed by atoms with van der Waals surface area (Å²) in [5.74, 6) is 0.720. The van der Waals surface area contributed by atoms with Gasteiger partial charge in [-0.15, -0.1) is 0 Å². The number of nitrogens with zero attached hydrogens (tertiary/aromatic N) is 3. The van der Waals surface area contributed by atoms with Gasteiger partial charge in [0.1, 0.15) is 5.75 Å². The van der Waals surface area contributed by atoms with Crippen molar-refractivity contribution < 1.29 is 9.53 Å². The third-order valence-electron chi connectivity index (χ3n) is 2.71. The fraction of sp³-hybridized carbons (Fsp3) is 0.286. The number of carbonyl (C=O) groups excluding carboxylic acids is 1. The van der Waals surface area contributed by atoms with Gasteiger partial charge >= 0.3 is 0 Å². The Morgan fingerprint density at radius 2 is 2.00 bits per heavy atom. The molecule has 0 unspecified atom stereocenters. The Kier molecular flexibility index (Phi) is 3.85. The zero-order valence-corrected chi connectivity index (χ0v) is 11.3. The van der Waals surface area contributed by atoms with E-state index in [4.69, 9.17) is 4.74 Å². The third kappa shape index (κ3) is 3.13. The number of benzene rings is 1. The molecule has 0 saturated heterocycles. The zero-order chi connectivity index (χ0) is 13.8. The SMILES string of the molecule is COc1ccc(CN2N=C/C(=C\N(C)C)C2=O)cc1. The largest absolute Gasteiger partial charge is 0.497 e. The van der Waals surface area contributed by atoms with E-state index in [1.54, 1.807) is 19.5 Å². The normalized spacial score (nSPS) is 16.3. The highest BCUT2D eigenvalue weighted by molar-refractivity contribution is 6.15. The van der Waals surface area contributed by atoms with Gasteiger partial charge in [0, 0.05) is 20.3 Å². The molecule has 1 aromatic carbocycles. The molecule has 1 aliphatic rings. The van der Waals surface area contributed by atoms with Crippen LogP contribution in [0.15, 0.2) is 41.1 Å². The molecule has 100 valence electrons. The molecule has 0 atom stereocenters. The van der Waals surface area contributed by atoms with Gasteiger partial charge in [-0.3, -0.25) is 4.79 Å². The van der Waals surface area contributed by atoms with Crippen LogP contribution >= 0.6 is 0 Å². The van der Waals surface area contributed by atoms with Crippen molar-refractivity contribution in [2.24, 2.45) is 5.10 Å². The second kappa shape index (κ2) is 5.56. The lowest BCUT2D eigenvalue weighted by Crippen LogP contribution is -2.22. The van der Waals surface area contributed by atoms with Crippen LogP contribution in [-0.4, -0.2) is 43.2 Å². The number of rotatable bonds is 4. The summed E-state index contributed by atoms with van der Waals surface area (Å²) >= 11 is 0. The van der Waals surface area contributed by atoms with Crippen molar-refractivity contribution in [3.8, 4) is 5.75 Å². The molecule has 0 saturated carbocycles. The van der Waals surface area contributed by atoms with Crippen molar-refractivity contribution in [3.63, 3.8) is 0 Å². The van der Waals surface area contributed by atoms with Crippen molar-refractivity contribution in [3.05, 3.63) is 41.6 Å². The highest BCUT2D eigenvalue weighted by Gasteiger charge is 2.22. The van der Waals surface area contributed by atoms with Crippen LogP contribution < -0.4 is 4.74 Å². The van der Waals surface area contributed by atoms with E-state index in [-0.39, 0.29) is 5.91 Å². The van der Waals surface area contributed by atoms with Crippen molar-refractivity contribution >= 4 is 12.1 Å². The maximum Gasteiger partial charge on any atom is 0.277 e. The van der Waals surface area contributed by atoms with Crippen LogP contribution in [0.3, 0.4) is 0 Å². The first kappa shape index (κ1) is 13.1. The lowest BCUT2D eigenvalue weighted by atomic mass is 10.2. The summed E-state index contributed by atoms with van der Waals surface area (Å²) < 4.78 is 5.10. The van der Waals surface area contributed by atoms with E-state index >= 15 is 0 Å². The standard InChI is InChI=1S/C14H17N3O2/c1-16(2)10-12-8-15-17(14(12)18)9-11-4-6-13(19-3)7-5-11/h4-8,10H,9H2,1-3H3/b12-10+. The highest BCUT2D eigenvalue weighted by atomic mass is 16.5. The Morgan fingerprint density at radius 1 is 1.32 bits per heavy atom. The first-order valence-corrected chi connectivity index (χ1v) is 5.97.